The molecule has 3 heteroatoms. The van der Waals surface area contributed by atoms with Gasteiger partial charge in [0.1, 0.15) is 0 Å². The van der Waals surface area contributed by atoms with Crippen LogP contribution in [0.3, 0.4) is 0 Å². The largest absolute Gasteiger partial charge is 0.346 e. The normalized spacial score (nSPS) is 11.6. The van der Waals surface area contributed by atoms with Crippen molar-refractivity contribution in [1.29, 1.82) is 0 Å². The molecule has 0 fully saturated rings. The lowest BCUT2D eigenvalue weighted by molar-refractivity contribution is 0.392. The molecule has 2 rings (SSSR count). The van der Waals surface area contributed by atoms with E-state index in [0.29, 0.717) is 6.54 Å². The average molecular weight is 217 g/mol. The van der Waals surface area contributed by atoms with Crippen LogP contribution >= 0.6 is 0 Å². The Balaban J connectivity index is 2.50. The summed E-state index contributed by atoms with van der Waals surface area (Å²) in [5, 5.41) is 1.28. The molecule has 86 valence electrons. The molecule has 0 atom stereocenters. The maximum Gasteiger partial charge on any atom is 0.0480 e. The molecule has 0 bridgehead atoms. The minimum atomic E-state index is 0.605. The fourth-order valence-corrected chi connectivity index (χ4v) is 2.06. The van der Waals surface area contributed by atoms with Gasteiger partial charge >= 0.3 is 0 Å². The molecule has 0 saturated heterocycles. The topological polar surface area (TPSA) is 34.2 Å². The van der Waals surface area contributed by atoms with Crippen LogP contribution in [0, 0.1) is 0 Å². The second kappa shape index (κ2) is 4.28. The molecule has 2 N–H and O–H groups in total. The summed E-state index contributed by atoms with van der Waals surface area (Å²) in [6.45, 7) is 1.57. The zero-order valence-electron chi connectivity index (χ0n) is 10.2. The van der Waals surface area contributed by atoms with E-state index in [4.69, 9.17) is 5.73 Å². The molecule has 0 amide bonds. The summed E-state index contributed by atoms with van der Waals surface area (Å²) >= 11 is 0. The van der Waals surface area contributed by atoms with E-state index < -0.39 is 0 Å². The molecule has 2 aromatic rings. The van der Waals surface area contributed by atoms with Crippen molar-refractivity contribution in [3.05, 3.63) is 35.5 Å². The lowest BCUT2D eigenvalue weighted by Crippen LogP contribution is -2.13. The molecule has 0 unspecified atom stereocenters. The van der Waals surface area contributed by atoms with Gasteiger partial charge in [-0.15, -0.1) is 0 Å². The first-order valence-corrected chi connectivity index (χ1v) is 5.54. The molecule has 0 aliphatic heterocycles. The minimum absolute atomic E-state index is 0.605. The minimum Gasteiger partial charge on any atom is -0.346 e. The van der Waals surface area contributed by atoms with E-state index >= 15 is 0 Å². The third-order valence-corrected chi connectivity index (χ3v) is 2.92. The molecule has 0 spiro atoms. The molecule has 1 aromatic heterocycles. The van der Waals surface area contributed by atoms with Gasteiger partial charge in [0.15, 0.2) is 0 Å². The van der Waals surface area contributed by atoms with Crippen LogP contribution in [0.5, 0.6) is 0 Å². The van der Waals surface area contributed by atoms with Gasteiger partial charge in [-0.2, -0.15) is 0 Å². The van der Waals surface area contributed by atoms with Gasteiger partial charge < -0.3 is 15.2 Å². The summed E-state index contributed by atoms with van der Waals surface area (Å²) in [5.74, 6) is 0. The Morgan fingerprint density at radius 2 is 2.00 bits per heavy atom. The Kier molecular flexibility index (Phi) is 2.99. The number of hydrogen-bond acceptors (Lipinski definition) is 2. The third kappa shape index (κ3) is 1.96. The smallest absolute Gasteiger partial charge is 0.0480 e. The molecule has 3 nitrogen and oxygen atoms in total. The molecule has 0 radical (unpaired) electrons. The van der Waals surface area contributed by atoms with E-state index in [2.05, 4.69) is 54.9 Å². The molecular formula is C13H19N3. The molecular weight excluding hydrogens is 198 g/mol. The van der Waals surface area contributed by atoms with Crippen molar-refractivity contribution in [3.63, 3.8) is 0 Å². The molecule has 0 saturated carbocycles. The van der Waals surface area contributed by atoms with Gasteiger partial charge in [0.2, 0.25) is 0 Å². The average Bonchev–Trinajstić information content (AvgIpc) is 2.54. The predicted molar refractivity (Wildman–Crippen MR) is 68.2 cm³/mol. The van der Waals surface area contributed by atoms with Crippen molar-refractivity contribution in [3.8, 4) is 0 Å². The number of fused-ring (bicyclic) bond motifs is 1. The highest BCUT2D eigenvalue weighted by atomic mass is 15.1. The van der Waals surface area contributed by atoms with Gasteiger partial charge in [0, 0.05) is 36.7 Å². The van der Waals surface area contributed by atoms with Crippen LogP contribution in [0.25, 0.3) is 10.9 Å². The van der Waals surface area contributed by atoms with E-state index in [1.54, 1.807) is 0 Å². The number of aromatic nitrogens is 1. The quantitative estimate of drug-likeness (QED) is 0.849. The highest BCUT2D eigenvalue weighted by Gasteiger charge is 2.06. The standard InChI is InChI=1S/C13H19N3/c1-15(2)9-12-7-11-6-10(8-14)4-5-13(11)16(12)3/h4-7H,8-9,14H2,1-3H3. The number of benzene rings is 1. The lowest BCUT2D eigenvalue weighted by Gasteiger charge is -2.10. The zero-order chi connectivity index (χ0) is 11.7. The zero-order valence-corrected chi connectivity index (χ0v) is 10.2. The highest BCUT2D eigenvalue weighted by Crippen LogP contribution is 2.20. The van der Waals surface area contributed by atoms with Crippen molar-refractivity contribution >= 4 is 10.9 Å². The number of aryl methyl sites for hydroxylation is 1. The first-order chi connectivity index (χ1) is 7.61. The van der Waals surface area contributed by atoms with E-state index in [1.165, 1.54) is 22.2 Å². The van der Waals surface area contributed by atoms with Crippen molar-refractivity contribution in [1.82, 2.24) is 9.47 Å². The van der Waals surface area contributed by atoms with Crippen molar-refractivity contribution in [2.45, 2.75) is 13.1 Å². The van der Waals surface area contributed by atoms with Crippen LogP contribution in [0.15, 0.2) is 24.3 Å². The summed E-state index contributed by atoms with van der Waals surface area (Å²) in [4.78, 5) is 2.18. The molecule has 0 aliphatic rings. The second-order valence-electron chi connectivity index (χ2n) is 4.53. The van der Waals surface area contributed by atoms with Gasteiger partial charge in [-0.05, 0) is 37.9 Å². The van der Waals surface area contributed by atoms with Crippen LogP contribution in [0.1, 0.15) is 11.3 Å². The number of hydrogen-bond donors (Lipinski definition) is 1. The fourth-order valence-electron chi connectivity index (χ4n) is 2.06. The molecule has 0 aliphatic carbocycles. The van der Waals surface area contributed by atoms with Crippen LogP contribution < -0.4 is 5.73 Å². The van der Waals surface area contributed by atoms with Crippen molar-refractivity contribution in [2.24, 2.45) is 12.8 Å². The number of rotatable bonds is 3. The number of nitrogens with zero attached hydrogens (tertiary/aromatic N) is 2. The number of nitrogens with two attached hydrogens (primary N) is 1. The van der Waals surface area contributed by atoms with Gasteiger partial charge in [-0.3, -0.25) is 0 Å². The highest BCUT2D eigenvalue weighted by molar-refractivity contribution is 5.82. The van der Waals surface area contributed by atoms with Crippen LogP contribution in [-0.2, 0) is 20.1 Å². The van der Waals surface area contributed by atoms with E-state index in [-0.39, 0.29) is 0 Å². The maximum absolute atomic E-state index is 5.65. The summed E-state index contributed by atoms with van der Waals surface area (Å²) in [6, 6.07) is 8.67. The predicted octanol–water partition coefficient (Wildman–Crippen LogP) is 1.70. The van der Waals surface area contributed by atoms with Crippen LogP contribution in [0.4, 0.5) is 0 Å². The first-order valence-electron chi connectivity index (χ1n) is 5.54. The van der Waals surface area contributed by atoms with Crippen LogP contribution in [-0.4, -0.2) is 23.6 Å². The first kappa shape index (κ1) is 11.2. The van der Waals surface area contributed by atoms with Crippen LogP contribution in [0.2, 0.25) is 0 Å². The van der Waals surface area contributed by atoms with Gasteiger partial charge in [0.05, 0.1) is 0 Å². The molecule has 1 aromatic carbocycles. The Morgan fingerprint density at radius 1 is 1.25 bits per heavy atom. The van der Waals surface area contributed by atoms with Crippen molar-refractivity contribution < 1.29 is 0 Å². The van der Waals surface area contributed by atoms with Crippen molar-refractivity contribution in [2.75, 3.05) is 14.1 Å². The maximum atomic E-state index is 5.65. The second-order valence-corrected chi connectivity index (χ2v) is 4.53. The Hall–Kier alpha value is -1.32. The third-order valence-electron chi connectivity index (χ3n) is 2.92. The fraction of sp³-hybridized carbons (Fsp3) is 0.385. The Bertz CT molecular complexity index is 497. The summed E-state index contributed by atoms with van der Waals surface area (Å²) < 4.78 is 2.25. The lowest BCUT2D eigenvalue weighted by atomic mass is 10.1. The van der Waals surface area contributed by atoms with Gasteiger partial charge in [-0.25, -0.2) is 0 Å². The van der Waals surface area contributed by atoms with Gasteiger partial charge in [0.25, 0.3) is 0 Å². The summed E-state index contributed by atoms with van der Waals surface area (Å²) in [7, 11) is 6.29. The van der Waals surface area contributed by atoms with E-state index in [0.717, 1.165) is 6.54 Å². The Morgan fingerprint density at radius 3 is 2.62 bits per heavy atom. The monoisotopic (exact) mass is 217 g/mol. The molecule has 16 heavy (non-hydrogen) atoms. The van der Waals surface area contributed by atoms with E-state index in [1.807, 2.05) is 0 Å². The van der Waals surface area contributed by atoms with E-state index in [9.17, 15) is 0 Å². The van der Waals surface area contributed by atoms with Gasteiger partial charge in [-0.1, -0.05) is 6.07 Å². The SMILES string of the molecule is CN(C)Cc1cc2cc(CN)ccc2n1C. The Labute approximate surface area is 96.5 Å². The molecule has 1 heterocycles. The summed E-state index contributed by atoms with van der Waals surface area (Å²) in [6.07, 6.45) is 0. The summed E-state index contributed by atoms with van der Waals surface area (Å²) in [5.41, 5.74) is 9.44.